The first-order valence-corrected chi connectivity index (χ1v) is 6.74. The standard InChI is InChI=1S/C14H17NO2S/c1-16-13-7-12(8-14(9-13)17-2)15-5-3-11-4-6-18-10-11/h4,6-10,15H,3,5H2,1-2H3. The van der Waals surface area contributed by atoms with E-state index in [4.69, 9.17) is 9.47 Å². The van der Waals surface area contributed by atoms with Crippen molar-refractivity contribution in [2.45, 2.75) is 6.42 Å². The van der Waals surface area contributed by atoms with E-state index in [-0.39, 0.29) is 0 Å². The fourth-order valence-corrected chi connectivity index (χ4v) is 2.40. The largest absolute Gasteiger partial charge is 0.497 e. The monoisotopic (exact) mass is 263 g/mol. The average Bonchev–Trinajstić information content (AvgIpc) is 2.91. The molecule has 0 spiro atoms. The molecule has 0 unspecified atom stereocenters. The molecule has 0 aliphatic carbocycles. The van der Waals surface area contributed by atoms with E-state index < -0.39 is 0 Å². The third-order valence-electron chi connectivity index (χ3n) is 2.67. The summed E-state index contributed by atoms with van der Waals surface area (Å²) in [4.78, 5) is 0. The van der Waals surface area contributed by atoms with Crippen LogP contribution in [-0.2, 0) is 6.42 Å². The van der Waals surface area contributed by atoms with E-state index >= 15 is 0 Å². The highest BCUT2D eigenvalue weighted by Crippen LogP contribution is 2.25. The molecule has 1 aromatic carbocycles. The van der Waals surface area contributed by atoms with Crippen molar-refractivity contribution in [1.29, 1.82) is 0 Å². The van der Waals surface area contributed by atoms with Gasteiger partial charge in [-0.25, -0.2) is 0 Å². The molecule has 2 rings (SSSR count). The van der Waals surface area contributed by atoms with Crippen LogP contribution in [0.4, 0.5) is 5.69 Å². The van der Waals surface area contributed by atoms with E-state index in [2.05, 4.69) is 22.1 Å². The maximum Gasteiger partial charge on any atom is 0.124 e. The molecule has 1 aromatic heterocycles. The Labute approximate surface area is 111 Å². The molecule has 18 heavy (non-hydrogen) atoms. The van der Waals surface area contributed by atoms with Crippen LogP contribution in [0.25, 0.3) is 0 Å². The maximum atomic E-state index is 5.23. The predicted molar refractivity (Wildman–Crippen MR) is 76.1 cm³/mol. The lowest BCUT2D eigenvalue weighted by Crippen LogP contribution is -2.04. The number of hydrogen-bond donors (Lipinski definition) is 1. The van der Waals surface area contributed by atoms with Crippen LogP contribution in [-0.4, -0.2) is 20.8 Å². The fourth-order valence-electron chi connectivity index (χ4n) is 1.70. The van der Waals surface area contributed by atoms with Gasteiger partial charge < -0.3 is 14.8 Å². The van der Waals surface area contributed by atoms with Gasteiger partial charge in [-0.15, -0.1) is 0 Å². The van der Waals surface area contributed by atoms with Crippen molar-refractivity contribution in [1.82, 2.24) is 0 Å². The van der Waals surface area contributed by atoms with E-state index in [9.17, 15) is 0 Å². The molecule has 0 radical (unpaired) electrons. The topological polar surface area (TPSA) is 30.5 Å². The molecular formula is C14H17NO2S. The second-order valence-corrected chi connectivity index (χ2v) is 4.69. The van der Waals surface area contributed by atoms with Crippen LogP contribution in [0.3, 0.4) is 0 Å². The Morgan fingerprint density at radius 2 is 1.83 bits per heavy atom. The fraction of sp³-hybridized carbons (Fsp3) is 0.286. The molecule has 0 amide bonds. The number of nitrogens with one attached hydrogen (secondary N) is 1. The third kappa shape index (κ3) is 3.40. The number of anilines is 1. The van der Waals surface area contributed by atoms with Crippen molar-refractivity contribution in [3.63, 3.8) is 0 Å². The van der Waals surface area contributed by atoms with Gasteiger partial charge in [0.15, 0.2) is 0 Å². The quantitative estimate of drug-likeness (QED) is 0.866. The normalized spacial score (nSPS) is 10.1. The zero-order valence-corrected chi connectivity index (χ0v) is 11.4. The van der Waals surface area contributed by atoms with Gasteiger partial charge in [-0.05, 0) is 28.8 Å². The summed E-state index contributed by atoms with van der Waals surface area (Å²) in [6.45, 7) is 0.896. The molecule has 3 nitrogen and oxygen atoms in total. The van der Waals surface area contributed by atoms with Crippen LogP contribution < -0.4 is 14.8 Å². The number of thiophene rings is 1. The maximum absolute atomic E-state index is 5.23. The van der Waals surface area contributed by atoms with Gasteiger partial charge in [0.1, 0.15) is 11.5 Å². The first-order chi connectivity index (χ1) is 8.81. The van der Waals surface area contributed by atoms with Crippen LogP contribution in [0.1, 0.15) is 5.56 Å². The van der Waals surface area contributed by atoms with Gasteiger partial charge in [0.05, 0.1) is 14.2 Å². The Morgan fingerprint density at radius 3 is 2.39 bits per heavy atom. The van der Waals surface area contributed by atoms with Crippen molar-refractivity contribution in [2.24, 2.45) is 0 Å². The summed E-state index contributed by atoms with van der Waals surface area (Å²) < 4.78 is 10.5. The Kier molecular flexibility index (Phi) is 4.47. The molecule has 0 fully saturated rings. The van der Waals surface area contributed by atoms with E-state index in [1.807, 2.05) is 18.2 Å². The second-order valence-electron chi connectivity index (χ2n) is 3.91. The molecule has 0 aliphatic heterocycles. The van der Waals surface area contributed by atoms with Crippen LogP contribution in [0, 0.1) is 0 Å². The molecule has 2 aromatic rings. The molecule has 96 valence electrons. The minimum absolute atomic E-state index is 0.799. The van der Waals surface area contributed by atoms with Crippen molar-refractivity contribution in [3.05, 3.63) is 40.6 Å². The number of benzene rings is 1. The highest BCUT2D eigenvalue weighted by Gasteiger charge is 2.01. The summed E-state index contributed by atoms with van der Waals surface area (Å²) in [7, 11) is 3.31. The molecule has 1 N–H and O–H groups in total. The molecule has 0 aliphatic rings. The highest BCUT2D eigenvalue weighted by molar-refractivity contribution is 7.07. The summed E-state index contributed by atoms with van der Waals surface area (Å²) >= 11 is 1.73. The molecule has 0 saturated carbocycles. The van der Waals surface area contributed by atoms with Gasteiger partial charge in [-0.3, -0.25) is 0 Å². The summed E-state index contributed by atoms with van der Waals surface area (Å²) in [5.41, 5.74) is 2.38. The number of methoxy groups -OCH3 is 2. The van der Waals surface area contributed by atoms with Crippen molar-refractivity contribution in [3.8, 4) is 11.5 Å². The van der Waals surface area contributed by atoms with Crippen molar-refractivity contribution < 1.29 is 9.47 Å². The van der Waals surface area contributed by atoms with Crippen LogP contribution >= 0.6 is 11.3 Å². The van der Waals surface area contributed by atoms with Crippen LogP contribution in [0.5, 0.6) is 11.5 Å². The minimum Gasteiger partial charge on any atom is -0.497 e. The molecule has 1 heterocycles. The van der Waals surface area contributed by atoms with Crippen molar-refractivity contribution in [2.75, 3.05) is 26.1 Å². The first kappa shape index (κ1) is 12.8. The van der Waals surface area contributed by atoms with E-state index in [1.54, 1.807) is 25.6 Å². The van der Waals surface area contributed by atoms with Gasteiger partial charge in [-0.2, -0.15) is 11.3 Å². The zero-order chi connectivity index (χ0) is 12.8. The first-order valence-electron chi connectivity index (χ1n) is 5.80. The lowest BCUT2D eigenvalue weighted by molar-refractivity contribution is 0.394. The van der Waals surface area contributed by atoms with Gasteiger partial charge in [0.25, 0.3) is 0 Å². The van der Waals surface area contributed by atoms with Crippen LogP contribution in [0.2, 0.25) is 0 Å². The van der Waals surface area contributed by atoms with Gasteiger partial charge in [-0.1, -0.05) is 0 Å². The lowest BCUT2D eigenvalue weighted by atomic mass is 10.2. The van der Waals surface area contributed by atoms with Crippen molar-refractivity contribution >= 4 is 17.0 Å². The average molecular weight is 263 g/mol. The Morgan fingerprint density at radius 1 is 1.11 bits per heavy atom. The summed E-state index contributed by atoms with van der Waals surface area (Å²) in [6, 6.07) is 7.95. The van der Waals surface area contributed by atoms with E-state index in [0.29, 0.717) is 0 Å². The summed E-state index contributed by atoms with van der Waals surface area (Å²) in [5.74, 6) is 1.60. The molecule has 0 atom stereocenters. The van der Waals surface area contributed by atoms with Crippen LogP contribution in [0.15, 0.2) is 35.0 Å². The minimum atomic E-state index is 0.799. The molecular weight excluding hydrogens is 246 g/mol. The van der Waals surface area contributed by atoms with Gasteiger partial charge in [0.2, 0.25) is 0 Å². The predicted octanol–water partition coefficient (Wildman–Crippen LogP) is 3.42. The number of ether oxygens (including phenoxy) is 2. The highest BCUT2D eigenvalue weighted by atomic mass is 32.1. The SMILES string of the molecule is COc1cc(NCCc2ccsc2)cc(OC)c1. The smallest absolute Gasteiger partial charge is 0.124 e. The Hall–Kier alpha value is -1.68. The second kappa shape index (κ2) is 6.31. The summed E-state index contributed by atoms with van der Waals surface area (Å²) in [5, 5.41) is 7.65. The van der Waals surface area contributed by atoms with E-state index in [0.717, 1.165) is 30.2 Å². The van der Waals surface area contributed by atoms with E-state index in [1.165, 1.54) is 5.56 Å². The zero-order valence-electron chi connectivity index (χ0n) is 10.6. The van der Waals surface area contributed by atoms with Gasteiger partial charge in [0, 0.05) is 30.4 Å². The number of hydrogen-bond acceptors (Lipinski definition) is 4. The Balaban J connectivity index is 1.95. The molecule has 4 heteroatoms. The molecule has 0 saturated heterocycles. The summed E-state index contributed by atoms with van der Waals surface area (Å²) in [6.07, 6.45) is 1.02. The Bertz CT molecular complexity index is 460. The van der Waals surface area contributed by atoms with Gasteiger partial charge >= 0.3 is 0 Å². The number of rotatable bonds is 6. The molecule has 0 bridgehead atoms. The third-order valence-corrected chi connectivity index (χ3v) is 3.41. The lowest BCUT2D eigenvalue weighted by Gasteiger charge is -2.10.